The maximum absolute atomic E-state index is 13.5. The summed E-state index contributed by atoms with van der Waals surface area (Å²) in [6, 6.07) is 5.01. The molecule has 0 aliphatic heterocycles. The van der Waals surface area contributed by atoms with Gasteiger partial charge in [0, 0.05) is 13.2 Å². The van der Waals surface area contributed by atoms with Gasteiger partial charge in [0.25, 0.3) is 0 Å². The first kappa shape index (κ1) is 15.0. The van der Waals surface area contributed by atoms with E-state index in [0.717, 1.165) is 24.2 Å². The van der Waals surface area contributed by atoms with Gasteiger partial charge in [-0.25, -0.2) is 9.37 Å². The summed E-state index contributed by atoms with van der Waals surface area (Å²) >= 11 is 6.05. The van der Waals surface area contributed by atoms with Crippen LogP contribution in [-0.4, -0.2) is 16.1 Å². The number of halogens is 2. The predicted molar refractivity (Wildman–Crippen MR) is 79.4 cm³/mol. The third-order valence-electron chi connectivity index (χ3n) is 3.31. The van der Waals surface area contributed by atoms with Crippen molar-refractivity contribution < 1.29 is 4.39 Å². The van der Waals surface area contributed by atoms with Crippen molar-refractivity contribution in [2.45, 2.75) is 25.8 Å². The lowest BCUT2D eigenvalue weighted by Gasteiger charge is -2.19. The maximum atomic E-state index is 13.5. The third kappa shape index (κ3) is 3.38. The summed E-state index contributed by atoms with van der Waals surface area (Å²) in [5.41, 5.74) is 1.88. The Morgan fingerprint density at radius 1 is 1.45 bits per heavy atom. The van der Waals surface area contributed by atoms with Gasteiger partial charge < -0.3 is 9.88 Å². The summed E-state index contributed by atoms with van der Waals surface area (Å²) in [4.78, 5) is 4.15. The molecule has 5 heteroatoms. The molecular weight excluding hydrogens is 277 g/mol. The van der Waals surface area contributed by atoms with Crippen LogP contribution in [0.4, 0.5) is 4.39 Å². The molecule has 1 aromatic carbocycles. The largest absolute Gasteiger partial charge is 0.336 e. The second-order valence-corrected chi connectivity index (χ2v) is 5.23. The lowest BCUT2D eigenvalue weighted by molar-refractivity contribution is 0.503. The average Bonchev–Trinajstić information content (AvgIpc) is 2.85. The summed E-state index contributed by atoms with van der Waals surface area (Å²) in [6.07, 6.45) is 5.27. The molecule has 2 aromatic rings. The fourth-order valence-corrected chi connectivity index (χ4v) is 2.43. The van der Waals surface area contributed by atoms with Crippen LogP contribution in [-0.2, 0) is 13.5 Å². The molecule has 1 aromatic heterocycles. The summed E-state index contributed by atoms with van der Waals surface area (Å²) in [7, 11) is 1.95. The molecule has 0 saturated carbocycles. The van der Waals surface area contributed by atoms with Gasteiger partial charge in [0.05, 0.1) is 23.1 Å². The second kappa shape index (κ2) is 6.86. The monoisotopic (exact) mass is 295 g/mol. The summed E-state index contributed by atoms with van der Waals surface area (Å²) in [6.45, 7) is 3.01. The molecule has 0 spiro atoms. The molecule has 1 heterocycles. The van der Waals surface area contributed by atoms with Crippen LogP contribution in [0.1, 0.15) is 30.6 Å². The Hall–Kier alpha value is -1.39. The number of hydrogen-bond donors (Lipinski definition) is 1. The second-order valence-electron chi connectivity index (χ2n) is 4.85. The van der Waals surface area contributed by atoms with E-state index in [2.05, 4.69) is 17.2 Å². The molecule has 108 valence electrons. The quantitative estimate of drug-likeness (QED) is 0.884. The fraction of sp³-hybridized carbons (Fsp3) is 0.400. The van der Waals surface area contributed by atoms with E-state index in [1.54, 1.807) is 12.4 Å². The highest BCUT2D eigenvalue weighted by Crippen LogP contribution is 2.25. The standard InChI is InChI=1S/C15H19ClFN3/c1-3-7-19-13(14-9-18-10-20(14)2)8-11-5-4-6-12(17)15(11)16/h4-6,9-10,13,19H,3,7-8H2,1-2H3. The van der Waals surface area contributed by atoms with E-state index < -0.39 is 0 Å². The molecule has 0 bridgehead atoms. The Bertz CT molecular complexity index is 568. The van der Waals surface area contributed by atoms with Crippen LogP contribution in [0.2, 0.25) is 5.02 Å². The van der Waals surface area contributed by atoms with Crippen molar-refractivity contribution in [3.63, 3.8) is 0 Å². The molecule has 2 rings (SSSR count). The minimum atomic E-state index is -0.372. The van der Waals surface area contributed by atoms with E-state index >= 15 is 0 Å². The van der Waals surface area contributed by atoms with Gasteiger partial charge in [-0.1, -0.05) is 30.7 Å². The number of aryl methyl sites for hydroxylation is 1. The van der Waals surface area contributed by atoms with Crippen LogP contribution in [0.3, 0.4) is 0 Å². The molecular formula is C15H19ClFN3. The number of nitrogens with zero attached hydrogens (tertiary/aromatic N) is 2. The van der Waals surface area contributed by atoms with Crippen LogP contribution in [0.15, 0.2) is 30.7 Å². The number of hydrogen-bond acceptors (Lipinski definition) is 2. The van der Waals surface area contributed by atoms with Crippen molar-refractivity contribution in [3.8, 4) is 0 Å². The topological polar surface area (TPSA) is 29.9 Å². The van der Waals surface area contributed by atoms with Crippen LogP contribution < -0.4 is 5.32 Å². The molecule has 1 unspecified atom stereocenters. The van der Waals surface area contributed by atoms with Gasteiger partial charge in [-0.2, -0.15) is 0 Å². The first-order chi connectivity index (χ1) is 9.63. The van der Waals surface area contributed by atoms with E-state index in [4.69, 9.17) is 11.6 Å². The molecule has 3 nitrogen and oxygen atoms in total. The Kier molecular flexibility index (Phi) is 5.15. The molecule has 0 aliphatic carbocycles. The van der Waals surface area contributed by atoms with Crippen molar-refractivity contribution in [2.24, 2.45) is 7.05 Å². The third-order valence-corrected chi connectivity index (χ3v) is 3.73. The van der Waals surface area contributed by atoms with Gasteiger partial charge in [0.2, 0.25) is 0 Å². The molecule has 0 fully saturated rings. The average molecular weight is 296 g/mol. The Labute approximate surface area is 123 Å². The lowest BCUT2D eigenvalue weighted by Crippen LogP contribution is -2.26. The lowest BCUT2D eigenvalue weighted by atomic mass is 10.0. The van der Waals surface area contributed by atoms with E-state index in [0.29, 0.717) is 6.42 Å². The van der Waals surface area contributed by atoms with Crippen molar-refractivity contribution in [2.75, 3.05) is 6.54 Å². The Morgan fingerprint density at radius 2 is 2.25 bits per heavy atom. The highest BCUT2D eigenvalue weighted by molar-refractivity contribution is 6.31. The van der Waals surface area contributed by atoms with Crippen LogP contribution in [0.25, 0.3) is 0 Å². The highest BCUT2D eigenvalue weighted by atomic mass is 35.5. The van der Waals surface area contributed by atoms with Gasteiger partial charge in [-0.15, -0.1) is 0 Å². The zero-order chi connectivity index (χ0) is 14.5. The number of rotatable bonds is 6. The van der Waals surface area contributed by atoms with E-state index in [9.17, 15) is 4.39 Å². The van der Waals surface area contributed by atoms with E-state index in [1.807, 2.05) is 23.9 Å². The van der Waals surface area contributed by atoms with E-state index in [-0.39, 0.29) is 16.9 Å². The van der Waals surface area contributed by atoms with Crippen molar-refractivity contribution >= 4 is 11.6 Å². The molecule has 1 atom stereocenters. The van der Waals surface area contributed by atoms with Gasteiger partial charge in [0.15, 0.2) is 0 Å². The molecule has 20 heavy (non-hydrogen) atoms. The zero-order valence-corrected chi connectivity index (χ0v) is 12.5. The summed E-state index contributed by atoms with van der Waals surface area (Å²) in [5, 5.41) is 3.67. The number of benzene rings is 1. The molecule has 0 amide bonds. The molecule has 0 radical (unpaired) electrons. The van der Waals surface area contributed by atoms with Gasteiger partial charge in [0.1, 0.15) is 5.82 Å². The Morgan fingerprint density at radius 3 is 2.90 bits per heavy atom. The first-order valence-corrected chi connectivity index (χ1v) is 7.13. The van der Waals surface area contributed by atoms with Crippen LogP contribution in [0.5, 0.6) is 0 Å². The minimum Gasteiger partial charge on any atom is -0.336 e. The van der Waals surface area contributed by atoms with Gasteiger partial charge >= 0.3 is 0 Å². The summed E-state index contributed by atoms with van der Waals surface area (Å²) in [5.74, 6) is -0.372. The molecule has 0 aliphatic rings. The first-order valence-electron chi connectivity index (χ1n) is 6.76. The van der Waals surface area contributed by atoms with E-state index in [1.165, 1.54) is 6.07 Å². The van der Waals surface area contributed by atoms with Crippen molar-refractivity contribution in [3.05, 3.63) is 52.8 Å². The summed E-state index contributed by atoms with van der Waals surface area (Å²) < 4.78 is 15.5. The van der Waals surface area contributed by atoms with Gasteiger partial charge in [-0.05, 0) is 31.0 Å². The van der Waals surface area contributed by atoms with Gasteiger partial charge in [-0.3, -0.25) is 0 Å². The highest BCUT2D eigenvalue weighted by Gasteiger charge is 2.17. The Balaban J connectivity index is 2.24. The number of aromatic nitrogens is 2. The predicted octanol–water partition coefficient (Wildman–Crippen LogP) is 3.50. The van der Waals surface area contributed by atoms with Crippen molar-refractivity contribution in [1.29, 1.82) is 0 Å². The molecule has 0 saturated heterocycles. The SMILES string of the molecule is CCCNC(Cc1cccc(F)c1Cl)c1cncn1C. The smallest absolute Gasteiger partial charge is 0.142 e. The number of nitrogens with one attached hydrogen (secondary N) is 1. The normalized spacial score (nSPS) is 12.6. The zero-order valence-electron chi connectivity index (χ0n) is 11.7. The maximum Gasteiger partial charge on any atom is 0.142 e. The van der Waals surface area contributed by atoms with Crippen molar-refractivity contribution in [1.82, 2.24) is 14.9 Å². The fourth-order valence-electron chi connectivity index (χ4n) is 2.23. The van der Waals surface area contributed by atoms with Crippen LogP contribution in [0, 0.1) is 5.82 Å². The molecule has 1 N–H and O–H groups in total. The minimum absolute atomic E-state index is 0.0711. The van der Waals surface area contributed by atoms with Crippen LogP contribution >= 0.6 is 11.6 Å². The number of imidazole rings is 1.